The van der Waals surface area contributed by atoms with Gasteiger partial charge in [-0.15, -0.1) is 0 Å². The van der Waals surface area contributed by atoms with Crippen molar-refractivity contribution in [3.05, 3.63) is 76.1 Å². The average Bonchev–Trinajstić information content (AvgIpc) is 2.81. The molecule has 1 aromatic heterocycles. The summed E-state index contributed by atoms with van der Waals surface area (Å²) in [7, 11) is 0. The summed E-state index contributed by atoms with van der Waals surface area (Å²) in [6, 6.07) is 16.5. The van der Waals surface area contributed by atoms with E-state index in [1.54, 1.807) is 38.1 Å². The third-order valence-electron chi connectivity index (χ3n) is 4.77. The zero-order valence-electron chi connectivity index (χ0n) is 18.4. The number of aliphatic imine (C=N–C) groups is 1. The van der Waals surface area contributed by atoms with E-state index >= 15 is 0 Å². The molecule has 0 saturated heterocycles. The van der Waals surface area contributed by atoms with Crippen molar-refractivity contribution in [2.24, 2.45) is 4.99 Å². The predicted octanol–water partition coefficient (Wildman–Crippen LogP) is 4.71. The fraction of sp³-hybridized carbons (Fsp3) is 0.240. The Bertz CT molecular complexity index is 1180. The summed E-state index contributed by atoms with van der Waals surface area (Å²) in [6.07, 6.45) is 0.324. The minimum Gasteiger partial charge on any atom is -0.506 e. The number of rotatable bonds is 10. The molecule has 2 N–H and O–H groups in total. The van der Waals surface area contributed by atoms with Crippen LogP contribution in [0.5, 0.6) is 28.9 Å². The van der Waals surface area contributed by atoms with Crippen molar-refractivity contribution < 1.29 is 28.9 Å². The predicted molar refractivity (Wildman–Crippen MR) is 123 cm³/mol. The zero-order valence-corrected chi connectivity index (χ0v) is 18.4. The standard InChI is InChI=1S/C25H25NO7/c1-3-19(21-23(28)22(20(27)4-2)25(30)33-24(21)29)26-14-15-31-16-10-12-18(13-11-16)32-17-8-6-5-7-9-17/h5-13,28,30H,3-4,14-15H2,1-2H3. The smallest absolute Gasteiger partial charge is 0.351 e. The van der Waals surface area contributed by atoms with Gasteiger partial charge in [0.2, 0.25) is 0 Å². The van der Waals surface area contributed by atoms with E-state index < -0.39 is 28.7 Å². The van der Waals surface area contributed by atoms with Crippen molar-refractivity contribution in [2.75, 3.05) is 13.2 Å². The lowest BCUT2D eigenvalue weighted by atomic mass is 10.0. The molecule has 0 atom stereocenters. The molecule has 3 rings (SSSR count). The lowest BCUT2D eigenvalue weighted by Crippen LogP contribution is -2.18. The number of benzene rings is 2. The number of para-hydroxylation sites is 1. The second kappa shape index (κ2) is 11.0. The molecule has 0 spiro atoms. The van der Waals surface area contributed by atoms with Gasteiger partial charge < -0.3 is 24.1 Å². The van der Waals surface area contributed by atoms with Crippen LogP contribution in [0.1, 0.15) is 42.6 Å². The minimum atomic E-state index is -0.965. The molecule has 0 fully saturated rings. The fourth-order valence-electron chi connectivity index (χ4n) is 3.14. The summed E-state index contributed by atoms with van der Waals surface area (Å²) in [6.45, 7) is 3.73. The van der Waals surface area contributed by atoms with E-state index in [1.165, 1.54) is 0 Å². The van der Waals surface area contributed by atoms with Crippen molar-refractivity contribution >= 4 is 11.5 Å². The quantitative estimate of drug-likeness (QED) is 0.260. The number of hydrogen-bond acceptors (Lipinski definition) is 8. The van der Waals surface area contributed by atoms with Crippen LogP contribution >= 0.6 is 0 Å². The molecule has 2 aromatic carbocycles. The van der Waals surface area contributed by atoms with Crippen LogP contribution in [0.25, 0.3) is 0 Å². The summed E-state index contributed by atoms with van der Waals surface area (Å²) in [4.78, 5) is 28.6. The number of hydrogen-bond donors (Lipinski definition) is 2. The van der Waals surface area contributed by atoms with Gasteiger partial charge in [-0.3, -0.25) is 9.79 Å². The SMILES string of the molecule is CCC(=O)c1c(O)oc(=O)c(C(CC)=NCCOc2ccc(Oc3ccccc3)cc2)c1O. The second-order valence-corrected chi connectivity index (χ2v) is 6.99. The van der Waals surface area contributed by atoms with Gasteiger partial charge in [0.05, 0.1) is 12.3 Å². The molecule has 0 aliphatic carbocycles. The van der Waals surface area contributed by atoms with E-state index in [-0.39, 0.29) is 30.8 Å². The normalized spacial score (nSPS) is 11.3. The highest BCUT2D eigenvalue weighted by Gasteiger charge is 2.25. The summed E-state index contributed by atoms with van der Waals surface area (Å²) < 4.78 is 16.2. The van der Waals surface area contributed by atoms with Crippen molar-refractivity contribution in [1.82, 2.24) is 0 Å². The van der Waals surface area contributed by atoms with Gasteiger partial charge in [0.15, 0.2) is 5.78 Å². The van der Waals surface area contributed by atoms with Gasteiger partial charge in [-0.05, 0) is 42.8 Å². The minimum absolute atomic E-state index is 0.0237. The summed E-state index contributed by atoms with van der Waals surface area (Å²) in [5.41, 5.74) is -1.35. The van der Waals surface area contributed by atoms with Crippen LogP contribution in [-0.2, 0) is 0 Å². The van der Waals surface area contributed by atoms with Gasteiger partial charge in [-0.2, -0.15) is 0 Å². The van der Waals surface area contributed by atoms with E-state index in [2.05, 4.69) is 4.99 Å². The molecule has 8 heteroatoms. The number of ketones is 1. The third-order valence-corrected chi connectivity index (χ3v) is 4.77. The number of aromatic hydroxyl groups is 2. The molecule has 0 saturated carbocycles. The largest absolute Gasteiger partial charge is 0.506 e. The van der Waals surface area contributed by atoms with E-state index in [0.717, 1.165) is 5.75 Å². The lowest BCUT2D eigenvalue weighted by Gasteiger charge is -2.10. The highest BCUT2D eigenvalue weighted by molar-refractivity contribution is 6.07. The zero-order chi connectivity index (χ0) is 23.8. The van der Waals surface area contributed by atoms with Gasteiger partial charge >= 0.3 is 5.63 Å². The monoisotopic (exact) mass is 451 g/mol. The Balaban J connectivity index is 1.66. The number of Topliss-reactive ketones (excluding diaryl/α,β-unsaturated/α-hetero) is 1. The molecule has 33 heavy (non-hydrogen) atoms. The van der Waals surface area contributed by atoms with Crippen LogP contribution in [0, 0.1) is 0 Å². The van der Waals surface area contributed by atoms with Gasteiger partial charge in [-0.25, -0.2) is 4.79 Å². The number of nitrogens with zero attached hydrogens (tertiary/aromatic N) is 1. The first-order valence-corrected chi connectivity index (χ1v) is 10.6. The van der Waals surface area contributed by atoms with Gasteiger partial charge in [0.25, 0.3) is 5.95 Å². The van der Waals surface area contributed by atoms with Crippen molar-refractivity contribution in [1.29, 1.82) is 0 Å². The first-order valence-electron chi connectivity index (χ1n) is 10.6. The van der Waals surface area contributed by atoms with Crippen LogP contribution in [0.3, 0.4) is 0 Å². The lowest BCUT2D eigenvalue weighted by molar-refractivity contribution is 0.0976. The van der Waals surface area contributed by atoms with E-state index in [1.807, 2.05) is 30.3 Å². The van der Waals surface area contributed by atoms with Crippen LogP contribution in [0.15, 0.2) is 68.8 Å². The molecule has 8 nitrogen and oxygen atoms in total. The third kappa shape index (κ3) is 5.79. The highest BCUT2D eigenvalue weighted by Crippen LogP contribution is 2.30. The number of carbonyl (C=O) groups excluding carboxylic acids is 1. The van der Waals surface area contributed by atoms with Crippen LogP contribution in [0.2, 0.25) is 0 Å². The molecule has 3 aromatic rings. The molecule has 0 aliphatic heterocycles. The van der Waals surface area contributed by atoms with E-state index in [9.17, 15) is 19.8 Å². The summed E-state index contributed by atoms with van der Waals surface area (Å²) in [5.74, 6) is -0.0391. The Morgan fingerprint density at radius 2 is 1.55 bits per heavy atom. The molecule has 0 amide bonds. The Morgan fingerprint density at radius 1 is 0.909 bits per heavy atom. The molecule has 1 heterocycles. The molecule has 0 aliphatic rings. The maximum absolute atomic E-state index is 12.2. The number of carbonyl (C=O) groups is 1. The number of ether oxygens (including phenoxy) is 2. The van der Waals surface area contributed by atoms with Crippen molar-refractivity contribution in [3.63, 3.8) is 0 Å². The molecular weight excluding hydrogens is 426 g/mol. The Kier molecular flexibility index (Phi) is 7.86. The van der Waals surface area contributed by atoms with Crippen LogP contribution < -0.4 is 15.1 Å². The maximum Gasteiger partial charge on any atom is 0.351 e. The fourth-order valence-corrected chi connectivity index (χ4v) is 3.14. The van der Waals surface area contributed by atoms with Gasteiger partial charge in [0.1, 0.15) is 40.7 Å². The van der Waals surface area contributed by atoms with Gasteiger partial charge in [-0.1, -0.05) is 32.0 Å². The first-order chi connectivity index (χ1) is 15.9. The summed E-state index contributed by atoms with van der Waals surface area (Å²) in [5, 5.41) is 20.2. The second-order valence-electron chi connectivity index (χ2n) is 6.99. The topological polar surface area (TPSA) is 119 Å². The average molecular weight is 451 g/mol. The van der Waals surface area contributed by atoms with Crippen LogP contribution in [0.4, 0.5) is 0 Å². The Morgan fingerprint density at radius 3 is 2.18 bits per heavy atom. The van der Waals surface area contributed by atoms with E-state index in [0.29, 0.717) is 17.9 Å². The molecule has 172 valence electrons. The highest BCUT2D eigenvalue weighted by atomic mass is 16.5. The summed E-state index contributed by atoms with van der Waals surface area (Å²) >= 11 is 0. The molecule has 0 bridgehead atoms. The van der Waals surface area contributed by atoms with Crippen molar-refractivity contribution in [2.45, 2.75) is 26.7 Å². The van der Waals surface area contributed by atoms with Crippen LogP contribution in [-0.4, -0.2) is 34.9 Å². The van der Waals surface area contributed by atoms with E-state index in [4.69, 9.17) is 13.9 Å². The Labute approximate surface area is 190 Å². The maximum atomic E-state index is 12.2. The first kappa shape index (κ1) is 23.6. The molecule has 0 radical (unpaired) electrons. The Hall–Kier alpha value is -4.07. The molecular formula is C25H25NO7. The van der Waals surface area contributed by atoms with Crippen molar-refractivity contribution in [3.8, 4) is 28.9 Å². The molecule has 0 unspecified atom stereocenters. The van der Waals surface area contributed by atoms with Gasteiger partial charge in [0, 0.05) is 6.42 Å².